The molecule has 0 radical (unpaired) electrons. The molecular weight excluding hydrogens is 490 g/mol. The van der Waals surface area contributed by atoms with Crippen LogP contribution in [0.1, 0.15) is 34.0 Å². The SMILES string of the molecule is CCOc1cc(C=NNC(=O)c2cccc(C)c2)cc(Br)c1OCc1ccc([N+](=O)[O-])cc1. The molecule has 0 aliphatic carbocycles. The number of hydrogen-bond donors (Lipinski definition) is 1. The Bertz CT molecular complexity index is 1180. The fourth-order valence-electron chi connectivity index (χ4n) is 2.95. The van der Waals surface area contributed by atoms with E-state index in [-0.39, 0.29) is 18.2 Å². The number of rotatable bonds is 9. The summed E-state index contributed by atoms with van der Waals surface area (Å²) in [4.78, 5) is 22.6. The zero-order valence-corrected chi connectivity index (χ0v) is 19.7. The summed E-state index contributed by atoms with van der Waals surface area (Å²) >= 11 is 3.49. The van der Waals surface area contributed by atoms with Crippen LogP contribution in [-0.2, 0) is 6.61 Å². The third kappa shape index (κ3) is 6.63. The van der Waals surface area contributed by atoms with E-state index < -0.39 is 4.92 Å². The van der Waals surface area contributed by atoms with Crippen molar-refractivity contribution >= 4 is 33.7 Å². The third-order valence-corrected chi connectivity index (χ3v) is 5.11. The molecule has 0 aliphatic heterocycles. The van der Waals surface area contributed by atoms with Crippen molar-refractivity contribution in [3.63, 3.8) is 0 Å². The molecule has 0 fully saturated rings. The molecule has 0 bridgehead atoms. The molecular formula is C24H22BrN3O5. The maximum atomic E-state index is 12.2. The molecule has 0 spiro atoms. The Morgan fingerprint density at radius 2 is 1.91 bits per heavy atom. The van der Waals surface area contributed by atoms with Crippen molar-refractivity contribution in [1.82, 2.24) is 5.43 Å². The van der Waals surface area contributed by atoms with Gasteiger partial charge < -0.3 is 9.47 Å². The van der Waals surface area contributed by atoms with Crippen molar-refractivity contribution in [1.29, 1.82) is 0 Å². The van der Waals surface area contributed by atoms with Crippen molar-refractivity contribution in [2.45, 2.75) is 20.5 Å². The van der Waals surface area contributed by atoms with Gasteiger partial charge in [0.2, 0.25) is 0 Å². The number of carbonyl (C=O) groups excluding carboxylic acids is 1. The summed E-state index contributed by atoms with van der Waals surface area (Å²) < 4.78 is 12.3. The summed E-state index contributed by atoms with van der Waals surface area (Å²) in [5.74, 6) is 0.693. The van der Waals surface area contributed by atoms with Crippen LogP contribution in [0, 0.1) is 17.0 Å². The molecule has 1 amide bonds. The summed E-state index contributed by atoms with van der Waals surface area (Å²) in [6.07, 6.45) is 1.51. The van der Waals surface area contributed by atoms with Gasteiger partial charge in [-0.05, 0) is 77.3 Å². The number of hydrogen-bond acceptors (Lipinski definition) is 6. The van der Waals surface area contributed by atoms with Gasteiger partial charge in [-0.1, -0.05) is 17.7 Å². The number of aryl methyl sites for hydroxylation is 1. The van der Waals surface area contributed by atoms with Crippen LogP contribution in [-0.4, -0.2) is 23.7 Å². The number of carbonyl (C=O) groups is 1. The first-order valence-electron chi connectivity index (χ1n) is 10.1. The van der Waals surface area contributed by atoms with Crippen molar-refractivity contribution in [3.8, 4) is 11.5 Å². The van der Waals surface area contributed by atoms with Gasteiger partial charge in [-0.3, -0.25) is 14.9 Å². The maximum absolute atomic E-state index is 12.2. The number of non-ortho nitro benzene ring substituents is 1. The van der Waals surface area contributed by atoms with Crippen molar-refractivity contribution in [2.24, 2.45) is 5.10 Å². The quantitative estimate of drug-likeness (QED) is 0.235. The van der Waals surface area contributed by atoms with E-state index in [0.29, 0.717) is 33.7 Å². The summed E-state index contributed by atoms with van der Waals surface area (Å²) in [5.41, 5.74) is 5.52. The van der Waals surface area contributed by atoms with Gasteiger partial charge in [0.15, 0.2) is 11.5 Å². The zero-order chi connectivity index (χ0) is 23.8. The van der Waals surface area contributed by atoms with Crippen LogP contribution in [0.3, 0.4) is 0 Å². The molecule has 0 heterocycles. The Balaban J connectivity index is 1.71. The van der Waals surface area contributed by atoms with Crippen molar-refractivity contribution < 1.29 is 19.2 Å². The van der Waals surface area contributed by atoms with Crippen LogP contribution >= 0.6 is 15.9 Å². The molecule has 0 unspecified atom stereocenters. The summed E-state index contributed by atoms with van der Waals surface area (Å²) in [7, 11) is 0. The molecule has 8 nitrogen and oxygen atoms in total. The topological polar surface area (TPSA) is 103 Å². The van der Waals surface area contributed by atoms with Crippen LogP contribution < -0.4 is 14.9 Å². The van der Waals surface area contributed by atoms with Crippen LogP contribution in [0.5, 0.6) is 11.5 Å². The van der Waals surface area contributed by atoms with Gasteiger partial charge >= 0.3 is 0 Å². The van der Waals surface area contributed by atoms with Crippen molar-refractivity contribution in [3.05, 3.63) is 97.5 Å². The lowest BCUT2D eigenvalue weighted by Gasteiger charge is -2.14. The number of nitro benzene ring substituents is 1. The number of nitrogens with zero attached hydrogens (tertiary/aromatic N) is 2. The highest BCUT2D eigenvalue weighted by Gasteiger charge is 2.13. The standard InChI is InChI=1S/C24H22BrN3O5/c1-3-32-22-13-18(14-26-27-24(29)19-6-4-5-16(2)11-19)12-21(25)23(22)33-15-17-7-9-20(10-8-17)28(30)31/h4-14H,3,15H2,1-2H3,(H,27,29). The number of nitro groups is 1. The molecule has 3 aromatic rings. The number of hydrazone groups is 1. The highest BCUT2D eigenvalue weighted by atomic mass is 79.9. The van der Waals surface area contributed by atoms with E-state index in [0.717, 1.165) is 11.1 Å². The van der Waals surface area contributed by atoms with Gasteiger partial charge in [0, 0.05) is 17.7 Å². The van der Waals surface area contributed by atoms with E-state index in [2.05, 4.69) is 26.5 Å². The zero-order valence-electron chi connectivity index (χ0n) is 18.1. The van der Waals surface area contributed by atoms with Gasteiger partial charge in [-0.25, -0.2) is 5.43 Å². The highest BCUT2D eigenvalue weighted by molar-refractivity contribution is 9.10. The predicted molar refractivity (Wildman–Crippen MR) is 129 cm³/mol. The number of amides is 1. The Morgan fingerprint density at radius 1 is 1.15 bits per heavy atom. The first kappa shape index (κ1) is 23.9. The summed E-state index contributed by atoms with van der Waals surface area (Å²) in [5, 5.41) is 14.8. The lowest BCUT2D eigenvalue weighted by Crippen LogP contribution is -2.17. The van der Waals surface area contributed by atoms with Crippen LogP contribution in [0.2, 0.25) is 0 Å². The molecule has 3 rings (SSSR count). The predicted octanol–water partition coefficient (Wildman–Crippen LogP) is 5.41. The largest absolute Gasteiger partial charge is 0.490 e. The normalized spacial score (nSPS) is 10.8. The fourth-order valence-corrected chi connectivity index (χ4v) is 3.53. The molecule has 170 valence electrons. The van der Waals surface area contributed by atoms with E-state index in [1.165, 1.54) is 18.3 Å². The van der Waals surface area contributed by atoms with E-state index in [4.69, 9.17) is 9.47 Å². The second-order valence-corrected chi connectivity index (χ2v) is 7.90. The van der Waals surface area contributed by atoms with Gasteiger partial charge in [0.1, 0.15) is 6.61 Å². The molecule has 0 saturated carbocycles. The molecule has 0 aliphatic rings. The Kier molecular flexibility index (Phi) is 8.15. The average molecular weight is 512 g/mol. The number of halogens is 1. The smallest absolute Gasteiger partial charge is 0.271 e. The molecule has 0 aromatic heterocycles. The van der Waals surface area contributed by atoms with E-state index in [1.807, 2.05) is 26.0 Å². The molecule has 33 heavy (non-hydrogen) atoms. The minimum atomic E-state index is -0.446. The number of nitrogens with one attached hydrogen (secondary N) is 1. The molecule has 0 atom stereocenters. The average Bonchev–Trinajstić information content (AvgIpc) is 2.79. The van der Waals surface area contributed by atoms with Crippen LogP contribution in [0.15, 0.2) is 70.2 Å². The molecule has 1 N–H and O–H groups in total. The fraction of sp³-hybridized carbons (Fsp3) is 0.167. The number of ether oxygens (including phenoxy) is 2. The van der Waals surface area contributed by atoms with E-state index >= 15 is 0 Å². The minimum absolute atomic E-state index is 0.0214. The molecule has 3 aromatic carbocycles. The third-order valence-electron chi connectivity index (χ3n) is 4.52. The maximum Gasteiger partial charge on any atom is 0.271 e. The molecule has 0 saturated heterocycles. The monoisotopic (exact) mass is 511 g/mol. The Hall–Kier alpha value is -3.72. The first-order chi connectivity index (χ1) is 15.9. The second-order valence-electron chi connectivity index (χ2n) is 7.04. The second kappa shape index (κ2) is 11.2. The number of benzene rings is 3. The van der Waals surface area contributed by atoms with Gasteiger partial charge in [-0.2, -0.15) is 5.10 Å². The van der Waals surface area contributed by atoms with Gasteiger partial charge in [0.25, 0.3) is 11.6 Å². The van der Waals surface area contributed by atoms with E-state index in [9.17, 15) is 14.9 Å². The highest BCUT2D eigenvalue weighted by Crippen LogP contribution is 2.37. The van der Waals surface area contributed by atoms with Crippen LogP contribution in [0.25, 0.3) is 0 Å². The molecule has 9 heteroatoms. The Labute approximate surface area is 199 Å². The lowest BCUT2D eigenvalue weighted by molar-refractivity contribution is -0.384. The van der Waals surface area contributed by atoms with Gasteiger partial charge in [0.05, 0.1) is 22.2 Å². The van der Waals surface area contributed by atoms with Gasteiger partial charge in [-0.15, -0.1) is 0 Å². The minimum Gasteiger partial charge on any atom is -0.490 e. The Morgan fingerprint density at radius 3 is 2.58 bits per heavy atom. The summed E-state index contributed by atoms with van der Waals surface area (Å²) in [6, 6.07) is 16.9. The first-order valence-corrected chi connectivity index (χ1v) is 10.9. The summed E-state index contributed by atoms with van der Waals surface area (Å²) in [6.45, 7) is 4.40. The van der Waals surface area contributed by atoms with Crippen molar-refractivity contribution in [2.75, 3.05) is 6.61 Å². The lowest BCUT2D eigenvalue weighted by atomic mass is 10.1. The van der Waals surface area contributed by atoms with E-state index in [1.54, 1.807) is 36.4 Å². The van der Waals surface area contributed by atoms with Crippen LogP contribution in [0.4, 0.5) is 5.69 Å².